The van der Waals surface area contributed by atoms with Gasteiger partial charge in [0.1, 0.15) is 0 Å². The molecule has 0 aromatic carbocycles. The van der Waals surface area contributed by atoms with Crippen LogP contribution in [0.5, 0.6) is 0 Å². The maximum absolute atomic E-state index is 12.2. The number of carbonyl (C=O) groups excluding carboxylic acids is 2. The minimum absolute atomic E-state index is 0.138. The Morgan fingerprint density at radius 1 is 1.33 bits per heavy atom. The standard InChI is InChI=1S/C14H16N4O3/c1-16(2)13(19)11-8-10-9-17(5-6-18(10)15-11)14(20)12-4-3-7-21-12/h3-4,7-8H,5-6,9H2,1-2H3. The van der Waals surface area contributed by atoms with Gasteiger partial charge in [0.05, 0.1) is 25.0 Å². The molecule has 3 rings (SSSR count). The van der Waals surface area contributed by atoms with Crippen LogP contribution < -0.4 is 0 Å². The zero-order valence-corrected chi connectivity index (χ0v) is 11.9. The van der Waals surface area contributed by atoms with Gasteiger partial charge in [-0.3, -0.25) is 14.3 Å². The van der Waals surface area contributed by atoms with Crippen LogP contribution in [0.1, 0.15) is 26.7 Å². The first kappa shape index (κ1) is 13.4. The molecule has 21 heavy (non-hydrogen) atoms. The summed E-state index contributed by atoms with van der Waals surface area (Å²) >= 11 is 0. The summed E-state index contributed by atoms with van der Waals surface area (Å²) in [6.45, 7) is 1.54. The Hall–Kier alpha value is -2.57. The van der Waals surface area contributed by atoms with E-state index in [4.69, 9.17) is 4.42 Å². The Kier molecular flexibility index (Phi) is 3.25. The lowest BCUT2D eigenvalue weighted by Crippen LogP contribution is -2.38. The molecule has 0 spiro atoms. The van der Waals surface area contributed by atoms with Crippen molar-refractivity contribution in [3.05, 3.63) is 41.6 Å². The van der Waals surface area contributed by atoms with Crippen molar-refractivity contribution in [2.24, 2.45) is 0 Å². The molecule has 2 amide bonds. The third-order valence-corrected chi connectivity index (χ3v) is 3.44. The van der Waals surface area contributed by atoms with Crippen LogP contribution in [0.25, 0.3) is 0 Å². The maximum atomic E-state index is 12.2. The molecule has 0 saturated carbocycles. The smallest absolute Gasteiger partial charge is 0.289 e. The van der Waals surface area contributed by atoms with Gasteiger partial charge in [-0.05, 0) is 18.2 Å². The maximum Gasteiger partial charge on any atom is 0.289 e. The Balaban J connectivity index is 1.79. The zero-order chi connectivity index (χ0) is 15.0. The highest BCUT2D eigenvalue weighted by Crippen LogP contribution is 2.17. The van der Waals surface area contributed by atoms with Crippen LogP contribution in [-0.4, -0.2) is 52.0 Å². The number of rotatable bonds is 2. The Labute approximate surface area is 121 Å². The fourth-order valence-corrected chi connectivity index (χ4v) is 2.33. The number of carbonyl (C=O) groups is 2. The van der Waals surface area contributed by atoms with E-state index in [0.717, 1.165) is 5.69 Å². The molecule has 0 unspecified atom stereocenters. The second-order valence-corrected chi connectivity index (χ2v) is 5.15. The van der Waals surface area contributed by atoms with Crippen molar-refractivity contribution in [2.45, 2.75) is 13.1 Å². The molecule has 0 fully saturated rings. The molecule has 0 radical (unpaired) electrons. The molecular formula is C14H16N4O3. The molecule has 2 aromatic heterocycles. The van der Waals surface area contributed by atoms with Gasteiger partial charge in [0.2, 0.25) is 0 Å². The number of hydrogen-bond donors (Lipinski definition) is 0. The Morgan fingerprint density at radius 2 is 2.14 bits per heavy atom. The van der Waals surface area contributed by atoms with E-state index in [2.05, 4.69) is 5.10 Å². The van der Waals surface area contributed by atoms with E-state index in [0.29, 0.717) is 31.1 Å². The second kappa shape index (κ2) is 5.08. The molecule has 1 aliphatic rings. The minimum atomic E-state index is -0.145. The highest BCUT2D eigenvalue weighted by Gasteiger charge is 2.26. The van der Waals surface area contributed by atoms with Crippen molar-refractivity contribution in [3.63, 3.8) is 0 Å². The van der Waals surface area contributed by atoms with Crippen LogP contribution >= 0.6 is 0 Å². The first-order valence-electron chi connectivity index (χ1n) is 6.67. The summed E-state index contributed by atoms with van der Waals surface area (Å²) in [5, 5.41) is 4.29. The second-order valence-electron chi connectivity index (χ2n) is 5.15. The highest BCUT2D eigenvalue weighted by atomic mass is 16.3. The van der Waals surface area contributed by atoms with E-state index in [1.165, 1.54) is 11.2 Å². The monoisotopic (exact) mass is 288 g/mol. The lowest BCUT2D eigenvalue weighted by molar-refractivity contribution is 0.0672. The van der Waals surface area contributed by atoms with Gasteiger partial charge in [-0.1, -0.05) is 0 Å². The lowest BCUT2D eigenvalue weighted by atomic mass is 10.2. The number of aromatic nitrogens is 2. The molecule has 7 nitrogen and oxygen atoms in total. The van der Waals surface area contributed by atoms with Crippen LogP contribution in [0.2, 0.25) is 0 Å². The van der Waals surface area contributed by atoms with E-state index in [-0.39, 0.29) is 11.8 Å². The first-order valence-corrected chi connectivity index (χ1v) is 6.67. The lowest BCUT2D eigenvalue weighted by Gasteiger charge is -2.26. The fraction of sp³-hybridized carbons (Fsp3) is 0.357. The fourth-order valence-electron chi connectivity index (χ4n) is 2.33. The third kappa shape index (κ3) is 2.42. The molecule has 0 atom stereocenters. The number of hydrogen-bond acceptors (Lipinski definition) is 4. The van der Waals surface area contributed by atoms with Crippen molar-refractivity contribution in [1.29, 1.82) is 0 Å². The molecule has 3 heterocycles. The van der Waals surface area contributed by atoms with Crippen LogP contribution in [0.4, 0.5) is 0 Å². The zero-order valence-electron chi connectivity index (χ0n) is 11.9. The molecule has 7 heteroatoms. The summed E-state index contributed by atoms with van der Waals surface area (Å²) < 4.78 is 6.92. The van der Waals surface area contributed by atoms with Crippen LogP contribution in [0.15, 0.2) is 28.9 Å². The molecule has 110 valence electrons. The quantitative estimate of drug-likeness (QED) is 0.820. The van der Waals surface area contributed by atoms with E-state index in [1.807, 2.05) is 0 Å². The predicted octanol–water partition coefficient (Wildman–Crippen LogP) is 0.834. The Bertz CT molecular complexity index is 672. The van der Waals surface area contributed by atoms with E-state index in [1.54, 1.807) is 41.9 Å². The van der Waals surface area contributed by atoms with Crippen LogP contribution in [-0.2, 0) is 13.1 Å². The third-order valence-electron chi connectivity index (χ3n) is 3.44. The van der Waals surface area contributed by atoms with Gasteiger partial charge < -0.3 is 14.2 Å². The Morgan fingerprint density at radius 3 is 2.81 bits per heavy atom. The van der Waals surface area contributed by atoms with Gasteiger partial charge in [-0.25, -0.2) is 0 Å². The van der Waals surface area contributed by atoms with Gasteiger partial charge in [0, 0.05) is 20.6 Å². The molecular weight excluding hydrogens is 272 g/mol. The summed E-state index contributed by atoms with van der Waals surface area (Å²) in [6, 6.07) is 5.08. The van der Waals surface area contributed by atoms with Gasteiger partial charge in [0.25, 0.3) is 11.8 Å². The summed E-state index contributed by atoms with van der Waals surface area (Å²) in [5.74, 6) is 0.0429. The normalized spacial score (nSPS) is 13.9. The number of amides is 2. The summed E-state index contributed by atoms with van der Waals surface area (Å²) in [4.78, 5) is 27.3. The van der Waals surface area contributed by atoms with E-state index >= 15 is 0 Å². The molecule has 1 aliphatic heterocycles. The molecule has 2 aromatic rings. The highest BCUT2D eigenvalue weighted by molar-refractivity contribution is 5.92. The summed E-state index contributed by atoms with van der Waals surface area (Å²) in [5.41, 5.74) is 1.26. The first-order chi connectivity index (χ1) is 10.1. The molecule has 0 bridgehead atoms. The summed E-state index contributed by atoms with van der Waals surface area (Å²) in [7, 11) is 3.38. The van der Waals surface area contributed by atoms with Crippen molar-refractivity contribution < 1.29 is 14.0 Å². The number of fused-ring (bicyclic) bond motifs is 1. The predicted molar refractivity (Wildman–Crippen MR) is 73.7 cm³/mol. The van der Waals surface area contributed by atoms with Crippen molar-refractivity contribution in [2.75, 3.05) is 20.6 Å². The van der Waals surface area contributed by atoms with Crippen LogP contribution in [0.3, 0.4) is 0 Å². The van der Waals surface area contributed by atoms with Gasteiger partial charge >= 0.3 is 0 Å². The van der Waals surface area contributed by atoms with Gasteiger partial charge in [-0.2, -0.15) is 5.10 Å². The number of furan rings is 1. The van der Waals surface area contributed by atoms with Crippen molar-refractivity contribution in [1.82, 2.24) is 19.6 Å². The van der Waals surface area contributed by atoms with E-state index in [9.17, 15) is 9.59 Å². The molecule has 0 saturated heterocycles. The average molecular weight is 288 g/mol. The number of nitrogens with zero attached hydrogens (tertiary/aromatic N) is 4. The van der Waals surface area contributed by atoms with Gasteiger partial charge in [-0.15, -0.1) is 0 Å². The van der Waals surface area contributed by atoms with Gasteiger partial charge in [0.15, 0.2) is 11.5 Å². The molecule has 0 N–H and O–H groups in total. The van der Waals surface area contributed by atoms with Crippen molar-refractivity contribution in [3.8, 4) is 0 Å². The largest absolute Gasteiger partial charge is 0.459 e. The summed E-state index contributed by atoms with van der Waals surface area (Å²) in [6.07, 6.45) is 1.48. The average Bonchev–Trinajstić information content (AvgIpc) is 3.13. The van der Waals surface area contributed by atoms with Crippen LogP contribution in [0, 0.1) is 0 Å². The minimum Gasteiger partial charge on any atom is -0.459 e. The van der Waals surface area contributed by atoms with Crippen molar-refractivity contribution >= 4 is 11.8 Å². The van der Waals surface area contributed by atoms with E-state index < -0.39 is 0 Å². The molecule has 0 aliphatic carbocycles. The topological polar surface area (TPSA) is 71.6 Å². The SMILES string of the molecule is CN(C)C(=O)c1cc2n(n1)CCN(C(=O)c1ccco1)C2.